The van der Waals surface area contributed by atoms with Crippen molar-refractivity contribution in [1.29, 1.82) is 0 Å². The molecule has 1 aliphatic carbocycles. The van der Waals surface area contributed by atoms with Crippen molar-refractivity contribution >= 4 is 5.96 Å². The van der Waals surface area contributed by atoms with Crippen LogP contribution in [0.25, 0.3) is 0 Å². The van der Waals surface area contributed by atoms with Crippen LogP contribution >= 0.6 is 0 Å². The molecule has 6 nitrogen and oxygen atoms in total. The summed E-state index contributed by atoms with van der Waals surface area (Å²) in [6, 6.07) is 5.42. The molecule has 0 saturated heterocycles. The second kappa shape index (κ2) is 11.0. The molecule has 0 amide bonds. The predicted molar refractivity (Wildman–Crippen MR) is 110 cm³/mol. The number of rotatable bonds is 10. The van der Waals surface area contributed by atoms with Gasteiger partial charge < -0.3 is 25.2 Å². The monoisotopic (exact) mass is 377 g/mol. The number of guanidine groups is 1. The minimum Gasteiger partial charge on any atom is -0.508 e. The first-order valence-electron chi connectivity index (χ1n) is 9.99. The fourth-order valence-corrected chi connectivity index (χ4v) is 3.72. The Kier molecular flexibility index (Phi) is 8.72. The molecule has 0 heterocycles. The van der Waals surface area contributed by atoms with E-state index in [-0.39, 0.29) is 11.2 Å². The normalized spacial score (nSPS) is 16.3. The molecule has 3 N–H and O–H groups in total. The molecular weight excluding hydrogens is 342 g/mol. The third-order valence-corrected chi connectivity index (χ3v) is 5.40. The lowest BCUT2D eigenvalue weighted by Crippen LogP contribution is -2.39. The molecule has 2 rings (SSSR count). The van der Waals surface area contributed by atoms with Crippen molar-refractivity contribution in [1.82, 2.24) is 10.6 Å². The SMILES string of the molecule is CCNC(=NCC1(CCOC)CCCC1)NCCc1ccc(OC)cc1O. The Balaban J connectivity index is 1.91. The highest BCUT2D eigenvalue weighted by Crippen LogP contribution is 2.41. The number of aromatic hydroxyl groups is 1. The Morgan fingerprint density at radius 2 is 2.00 bits per heavy atom. The number of aliphatic imine (C=N–C) groups is 1. The Bertz CT molecular complexity index is 598. The molecule has 1 aromatic carbocycles. The summed E-state index contributed by atoms with van der Waals surface area (Å²) in [5, 5.41) is 16.8. The van der Waals surface area contributed by atoms with Gasteiger partial charge in [0.1, 0.15) is 11.5 Å². The van der Waals surface area contributed by atoms with E-state index in [0.29, 0.717) is 12.3 Å². The number of hydrogen-bond donors (Lipinski definition) is 3. The van der Waals surface area contributed by atoms with Gasteiger partial charge in [-0.05, 0) is 49.7 Å². The number of phenols is 1. The van der Waals surface area contributed by atoms with Crippen LogP contribution in [0, 0.1) is 5.41 Å². The standard InChI is InChI=1S/C21H35N3O3/c1-4-22-20(24-16-21(12-14-26-2)10-5-6-11-21)23-13-9-17-7-8-18(27-3)15-19(17)25/h7-8,15,25H,4-6,9-14,16H2,1-3H3,(H2,22,23,24). The summed E-state index contributed by atoms with van der Waals surface area (Å²) in [6.07, 6.45) is 6.85. The zero-order valence-corrected chi connectivity index (χ0v) is 17.0. The van der Waals surface area contributed by atoms with E-state index in [9.17, 15) is 5.11 Å². The average molecular weight is 378 g/mol. The first-order chi connectivity index (χ1) is 13.1. The maximum absolute atomic E-state index is 10.1. The minimum absolute atomic E-state index is 0.266. The van der Waals surface area contributed by atoms with Gasteiger partial charge in [0.2, 0.25) is 0 Å². The van der Waals surface area contributed by atoms with Gasteiger partial charge >= 0.3 is 0 Å². The summed E-state index contributed by atoms with van der Waals surface area (Å²) >= 11 is 0. The van der Waals surface area contributed by atoms with E-state index in [1.165, 1.54) is 25.7 Å². The molecule has 0 bridgehead atoms. The Hall–Kier alpha value is -1.95. The fourth-order valence-electron chi connectivity index (χ4n) is 3.72. The van der Waals surface area contributed by atoms with E-state index in [1.54, 1.807) is 20.3 Å². The topological polar surface area (TPSA) is 75.1 Å². The zero-order valence-electron chi connectivity index (χ0n) is 17.0. The zero-order chi connectivity index (χ0) is 19.5. The van der Waals surface area contributed by atoms with E-state index in [2.05, 4.69) is 17.6 Å². The number of benzene rings is 1. The molecule has 0 atom stereocenters. The van der Waals surface area contributed by atoms with Crippen LogP contribution in [0.3, 0.4) is 0 Å². The largest absolute Gasteiger partial charge is 0.508 e. The summed E-state index contributed by atoms with van der Waals surface area (Å²) in [5.74, 6) is 1.77. The van der Waals surface area contributed by atoms with Crippen LogP contribution in [-0.2, 0) is 11.2 Å². The van der Waals surface area contributed by atoms with Gasteiger partial charge in [-0.2, -0.15) is 0 Å². The second-order valence-corrected chi connectivity index (χ2v) is 7.32. The lowest BCUT2D eigenvalue weighted by atomic mass is 9.83. The number of ether oxygens (including phenoxy) is 2. The molecule has 1 saturated carbocycles. The molecule has 0 spiro atoms. The van der Waals surface area contributed by atoms with Crippen LogP contribution < -0.4 is 15.4 Å². The molecule has 0 unspecified atom stereocenters. The van der Waals surface area contributed by atoms with Crippen LogP contribution in [0.5, 0.6) is 11.5 Å². The van der Waals surface area contributed by atoms with Crippen molar-refractivity contribution in [3.8, 4) is 11.5 Å². The van der Waals surface area contributed by atoms with Crippen LogP contribution in [-0.4, -0.2) is 51.5 Å². The van der Waals surface area contributed by atoms with Crippen molar-refractivity contribution in [3.05, 3.63) is 23.8 Å². The predicted octanol–water partition coefficient (Wildman–Crippen LogP) is 3.10. The molecule has 27 heavy (non-hydrogen) atoms. The molecule has 1 aliphatic rings. The third-order valence-electron chi connectivity index (χ3n) is 5.40. The van der Waals surface area contributed by atoms with Crippen LogP contribution in [0.4, 0.5) is 0 Å². The van der Waals surface area contributed by atoms with Gasteiger partial charge in [0.05, 0.1) is 7.11 Å². The van der Waals surface area contributed by atoms with Gasteiger partial charge in [0.15, 0.2) is 5.96 Å². The second-order valence-electron chi connectivity index (χ2n) is 7.32. The van der Waals surface area contributed by atoms with Gasteiger partial charge in [-0.15, -0.1) is 0 Å². The van der Waals surface area contributed by atoms with Crippen LogP contribution in [0.1, 0.15) is 44.6 Å². The van der Waals surface area contributed by atoms with E-state index in [1.807, 2.05) is 12.1 Å². The third kappa shape index (κ3) is 6.61. The van der Waals surface area contributed by atoms with Gasteiger partial charge in [0.25, 0.3) is 0 Å². The van der Waals surface area contributed by atoms with E-state index in [4.69, 9.17) is 14.5 Å². The molecule has 1 fully saturated rings. The summed E-state index contributed by atoms with van der Waals surface area (Å²) in [5.41, 5.74) is 1.18. The van der Waals surface area contributed by atoms with Crippen LogP contribution in [0.15, 0.2) is 23.2 Å². The number of nitrogens with one attached hydrogen (secondary N) is 2. The highest BCUT2D eigenvalue weighted by Gasteiger charge is 2.33. The highest BCUT2D eigenvalue weighted by atomic mass is 16.5. The van der Waals surface area contributed by atoms with Gasteiger partial charge in [-0.3, -0.25) is 4.99 Å². The molecular formula is C21H35N3O3. The average Bonchev–Trinajstić information content (AvgIpc) is 3.15. The van der Waals surface area contributed by atoms with Gasteiger partial charge in [-0.25, -0.2) is 0 Å². The summed E-state index contributed by atoms with van der Waals surface area (Å²) < 4.78 is 10.4. The quantitative estimate of drug-likeness (QED) is 0.432. The molecule has 6 heteroatoms. The Labute approximate surface area is 163 Å². The number of hydrogen-bond acceptors (Lipinski definition) is 4. The first kappa shape index (κ1) is 21.4. The van der Waals surface area contributed by atoms with Crippen molar-refractivity contribution in [2.24, 2.45) is 10.4 Å². The molecule has 0 aliphatic heterocycles. The van der Waals surface area contributed by atoms with Crippen molar-refractivity contribution in [3.63, 3.8) is 0 Å². The van der Waals surface area contributed by atoms with E-state index < -0.39 is 0 Å². The molecule has 152 valence electrons. The maximum atomic E-state index is 10.1. The van der Waals surface area contributed by atoms with Crippen LogP contribution in [0.2, 0.25) is 0 Å². The number of methoxy groups -OCH3 is 2. The van der Waals surface area contributed by atoms with E-state index >= 15 is 0 Å². The lowest BCUT2D eigenvalue weighted by Gasteiger charge is -2.27. The van der Waals surface area contributed by atoms with Crippen molar-refractivity contribution in [2.75, 3.05) is 40.5 Å². The number of phenolic OH excluding ortho intramolecular Hbond substituents is 1. The summed E-state index contributed by atoms with van der Waals surface area (Å²) in [4.78, 5) is 4.86. The molecule has 1 aromatic rings. The van der Waals surface area contributed by atoms with Crippen molar-refractivity contribution < 1.29 is 14.6 Å². The molecule has 0 radical (unpaired) electrons. The Morgan fingerprint density at radius 1 is 1.22 bits per heavy atom. The number of nitrogens with zero attached hydrogens (tertiary/aromatic N) is 1. The minimum atomic E-state index is 0.266. The van der Waals surface area contributed by atoms with Gasteiger partial charge in [0, 0.05) is 39.4 Å². The maximum Gasteiger partial charge on any atom is 0.191 e. The summed E-state index contributed by atoms with van der Waals surface area (Å²) in [7, 11) is 3.37. The molecule has 0 aromatic heterocycles. The van der Waals surface area contributed by atoms with Crippen molar-refractivity contribution in [2.45, 2.75) is 45.4 Å². The van der Waals surface area contributed by atoms with E-state index in [0.717, 1.165) is 44.1 Å². The Morgan fingerprint density at radius 3 is 2.63 bits per heavy atom. The van der Waals surface area contributed by atoms with Gasteiger partial charge in [-0.1, -0.05) is 18.9 Å². The lowest BCUT2D eigenvalue weighted by molar-refractivity contribution is 0.141. The smallest absolute Gasteiger partial charge is 0.191 e. The highest BCUT2D eigenvalue weighted by molar-refractivity contribution is 5.79. The fraction of sp³-hybridized carbons (Fsp3) is 0.667. The summed E-state index contributed by atoms with van der Waals surface area (Å²) in [6.45, 7) is 5.24. The first-order valence-corrected chi connectivity index (χ1v) is 9.99.